The zero-order chi connectivity index (χ0) is 19.2. The number of carbonyl (C=O) groups excluding carboxylic acids is 1. The Morgan fingerprint density at radius 3 is 2.04 bits per heavy atom. The van der Waals surface area contributed by atoms with Gasteiger partial charge in [-0.05, 0) is 54.3 Å². The van der Waals surface area contributed by atoms with Gasteiger partial charge in [0.15, 0.2) is 0 Å². The Morgan fingerprint density at radius 1 is 0.815 bits per heavy atom. The number of hydrogen-bond donors (Lipinski definition) is 0. The minimum Gasteiger partial charge on any atom is -0.497 e. The van der Waals surface area contributed by atoms with Gasteiger partial charge in [-0.15, -0.1) is 0 Å². The molecule has 0 atom stereocenters. The molecule has 0 N–H and O–H groups in total. The van der Waals surface area contributed by atoms with Crippen molar-refractivity contribution in [3.05, 3.63) is 78.4 Å². The summed E-state index contributed by atoms with van der Waals surface area (Å²) in [6, 6.07) is 24.1. The number of rotatable bonds is 6. The maximum absolute atomic E-state index is 13.2. The molecule has 0 heterocycles. The lowest BCUT2D eigenvalue weighted by atomic mass is 9.94. The normalized spacial score (nSPS) is 10.5. The first-order valence-electron chi connectivity index (χ1n) is 9.31. The largest absolute Gasteiger partial charge is 0.497 e. The van der Waals surface area contributed by atoms with Crippen LogP contribution >= 0.6 is 0 Å². The predicted molar refractivity (Wildman–Crippen MR) is 111 cm³/mol. The van der Waals surface area contributed by atoms with E-state index in [2.05, 4.69) is 6.07 Å². The first-order valence-corrected chi connectivity index (χ1v) is 9.31. The van der Waals surface area contributed by atoms with Gasteiger partial charge in [-0.3, -0.25) is 4.79 Å². The van der Waals surface area contributed by atoms with Crippen molar-refractivity contribution in [2.24, 2.45) is 0 Å². The van der Waals surface area contributed by atoms with E-state index in [-0.39, 0.29) is 5.91 Å². The van der Waals surface area contributed by atoms with Gasteiger partial charge in [-0.1, -0.05) is 54.6 Å². The second-order valence-corrected chi connectivity index (χ2v) is 6.33. The van der Waals surface area contributed by atoms with Crippen LogP contribution < -0.4 is 4.74 Å². The summed E-state index contributed by atoms with van der Waals surface area (Å²) in [6.45, 7) is 5.40. The average Bonchev–Trinajstić information content (AvgIpc) is 2.75. The zero-order valence-electron chi connectivity index (χ0n) is 16.1. The van der Waals surface area contributed by atoms with Crippen molar-refractivity contribution in [3.63, 3.8) is 0 Å². The first-order chi connectivity index (χ1) is 13.2. The molecule has 0 fully saturated rings. The van der Waals surface area contributed by atoms with E-state index in [0.717, 1.165) is 33.6 Å². The maximum atomic E-state index is 13.2. The van der Waals surface area contributed by atoms with E-state index in [1.54, 1.807) is 7.11 Å². The first kappa shape index (κ1) is 18.7. The van der Waals surface area contributed by atoms with Crippen molar-refractivity contribution in [1.82, 2.24) is 4.90 Å². The molecule has 3 nitrogen and oxygen atoms in total. The Hall–Kier alpha value is -3.07. The zero-order valence-corrected chi connectivity index (χ0v) is 16.1. The van der Waals surface area contributed by atoms with Gasteiger partial charge in [-0.25, -0.2) is 0 Å². The average molecular weight is 359 g/mol. The summed E-state index contributed by atoms with van der Waals surface area (Å²) in [5, 5.41) is 0. The summed E-state index contributed by atoms with van der Waals surface area (Å²) in [7, 11) is 1.66. The number of benzene rings is 3. The third-order valence-electron chi connectivity index (χ3n) is 4.81. The lowest BCUT2D eigenvalue weighted by molar-refractivity contribution is 0.0774. The van der Waals surface area contributed by atoms with E-state index in [4.69, 9.17) is 4.74 Å². The molecule has 3 aromatic rings. The molecular formula is C24H25NO2. The van der Waals surface area contributed by atoms with Gasteiger partial charge in [0.1, 0.15) is 5.75 Å². The van der Waals surface area contributed by atoms with Crippen LogP contribution in [0.4, 0.5) is 0 Å². The topological polar surface area (TPSA) is 29.5 Å². The summed E-state index contributed by atoms with van der Waals surface area (Å²) < 4.78 is 5.24. The standard InChI is InChI=1S/C24H25NO2/c1-4-25(5-2)24(26)23-17-20(18-11-14-21(27-3)15-12-18)13-16-22(23)19-9-7-6-8-10-19/h6-17H,4-5H2,1-3H3. The monoisotopic (exact) mass is 359 g/mol. The molecule has 0 unspecified atom stereocenters. The molecule has 0 aliphatic rings. The van der Waals surface area contributed by atoms with E-state index < -0.39 is 0 Å². The SMILES string of the molecule is CCN(CC)C(=O)c1cc(-c2ccc(OC)cc2)ccc1-c1ccccc1. The van der Waals surface area contributed by atoms with Crippen LogP contribution in [0.3, 0.4) is 0 Å². The van der Waals surface area contributed by atoms with Crippen molar-refractivity contribution in [2.75, 3.05) is 20.2 Å². The summed E-state index contributed by atoms with van der Waals surface area (Å²) in [5.41, 5.74) is 4.83. The smallest absolute Gasteiger partial charge is 0.254 e. The van der Waals surface area contributed by atoms with Crippen LogP contribution in [0.1, 0.15) is 24.2 Å². The van der Waals surface area contributed by atoms with E-state index in [1.165, 1.54) is 0 Å². The van der Waals surface area contributed by atoms with Gasteiger partial charge in [-0.2, -0.15) is 0 Å². The Balaban J connectivity index is 2.11. The number of methoxy groups -OCH3 is 1. The molecule has 27 heavy (non-hydrogen) atoms. The third-order valence-corrected chi connectivity index (χ3v) is 4.81. The van der Waals surface area contributed by atoms with Crippen LogP contribution in [0.5, 0.6) is 5.75 Å². The van der Waals surface area contributed by atoms with E-state index in [0.29, 0.717) is 13.1 Å². The van der Waals surface area contributed by atoms with Gasteiger partial charge >= 0.3 is 0 Å². The highest BCUT2D eigenvalue weighted by molar-refractivity contribution is 6.02. The molecular weight excluding hydrogens is 334 g/mol. The van der Waals surface area contributed by atoms with Gasteiger partial charge in [0.05, 0.1) is 7.11 Å². The maximum Gasteiger partial charge on any atom is 0.254 e. The minimum absolute atomic E-state index is 0.0641. The van der Waals surface area contributed by atoms with Gasteiger partial charge in [0.25, 0.3) is 5.91 Å². The fraction of sp³-hybridized carbons (Fsp3) is 0.208. The Kier molecular flexibility index (Phi) is 5.92. The predicted octanol–water partition coefficient (Wildman–Crippen LogP) is 5.51. The van der Waals surface area contributed by atoms with Gasteiger partial charge in [0, 0.05) is 18.7 Å². The number of nitrogens with zero attached hydrogens (tertiary/aromatic N) is 1. The highest BCUT2D eigenvalue weighted by Gasteiger charge is 2.18. The minimum atomic E-state index is 0.0641. The number of carbonyl (C=O) groups is 1. The lowest BCUT2D eigenvalue weighted by Crippen LogP contribution is -2.30. The Labute approximate surface area is 161 Å². The van der Waals surface area contributed by atoms with Crippen LogP contribution in [0.15, 0.2) is 72.8 Å². The highest BCUT2D eigenvalue weighted by Crippen LogP contribution is 2.30. The van der Waals surface area contributed by atoms with Crippen LogP contribution in [-0.4, -0.2) is 31.0 Å². The molecule has 0 aliphatic carbocycles. The van der Waals surface area contributed by atoms with E-state index in [1.807, 2.05) is 85.5 Å². The van der Waals surface area contributed by atoms with Crippen molar-refractivity contribution in [1.29, 1.82) is 0 Å². The summed E-state index contributed by atoms with van der Waals surface area (Å²) in [6.07, 6.45) is 0. The molecule has 0 saturated carbocycles. The molecule has 0 bridgehead atoms. The quantitative estimate of drug-likeness (QED) is 0.581. The molecule has 1 amide bonds. The second-order valence-electron chi connectivity index (χ2n) is 6.33. The van der Waals surface area contributed by atoms with Crippen molar-refractivity contribution < 1.29 is 9.53 Å². The molecule has 3 aromatic carbocycles. The fourth-order valence-electron chi connectivity index (χ4n) is 3.23. The van der Waals surface area contributed by atoms with Crippen molar-refractivity contribution in [3.8, 4) is 28.0 Å². The van der Waals surface area contributed by atoms with E-state index >= 15 is 0 Å². The fourth-order valence-corrected chi connectivity index (χ4v) is 3.23. The van der Waals surface area contributed by atoms with Gasteiger partial charge < -0.3 is 9.64 Å². The molecule has 0 spiro atoms. The molecule has 138 valence electrons. The van der Waals surface area contributed by atoms with Crippen LogP contribution in [0, 0.1) is 0 Å². The Bertz CT molecular complexity index is 897. The Morgan fingerprint density at radius 2 is 1.44 bits per heavy atom. The van der Waals surface area contributed by atoms with E-state index in [9.17, 15) is 4.79 Å². The number of amides is 1. The highest BCUT2D eigenvalue weighted by atomic mass is 16.5. The summed E-state index contributed by atoms with van der Waals surface area (Å²) >= 11 is 0. The molecule has 0 saturated heterocycles. The van der Waals surface area contributed by atoms with Gasteiger partial charge in [0.2, 0.25) is 0 Å². The number of hydrogen-bond acceptors (Lipinski definition) is 2. The van der Waals surface area contributed by atoms with Crippen molar-refractivity contribution in [2.45, 2.75) is 13.8 Å². The van der Waals surface area contributed by atoms with Crippen LogP contribution in [0.25, 0.3) is 22.3 Å². The van der Waals surface area contributed by atoms with Crippen LogP contribution in [0.2, 0.25) is 0 Å². The van der Waals surface area contributed by atoms with Crippen molar-refractivity contribution >= 4 is 5.91 Å². The molecule has 3 heteroatoms. The molecule has 0 aliphatic heterocycles. The lowest BCUT2D eigenvalue weighted by Gasteiger charge is -2.21. The molecule has 3 rings (SSSR count). The summed E-state index contributed by atoms with van der Waals surface area (Å²) in [4.78, 5) is 15.1. The molecule has 0 aromatic heterocycles. The molecule has 0 radical (unpaired) electrons. The third kappa shape index (κ3) is 4.03. The van der Waals surface area contributed by atoms with Crippen LogP contribution in [-0.2, 0) is 0 Å². The second kappa shape index (κ2) is 8.54. The number of ether oxygens (including phenoxy) is 1. The summed E-state index contributed by atoms with van der Waals surface area (Å²) in [5.74, 6) is 0.883.